The van der Waals surface area contributed by atoms with Crippen molar-refractivity contribution in [3.05, 3.63) is 18.7 Å². The van der Waals surface area contributed by atoms with Gasteiger partial charge in [-0.1, -0.05) is 4.49 Å². The predicted molar refractivity (Wildman–Crippen MR) is 34.2 cm³/mol. The lowest BCUT2D eigenvalue weighted by Gasteiger charge is -1.73. The molecule has 0 aliphatic carbocycles. The van der Waals surface area contributed by atoms with Crippen LogP contribution in [-0.4, -0.2) is 9.59 Å². The van der Waals surface area contributed by atoms with Crippen molar-refractivity contribution in [2.45, 2.75) is 0 Å². The zero-order chi connectivity index (χ0) is 6.81. The molecule has 0 unspecified atom stereocenters. The van der Waals surface area contributed by atoms with Crippen molar-refractivity contribution < 1.29 is 9.40 Å². The molecular formula is C5H4N3OS+. The molecule has 10 heavy (non-hydrogen) atoms. The SMILES string of the molecule is c1coc(-c2cnns2)[nH+]1. The predicted octanol–water partition coefficient (Wildman–Crippen LogP) is 0.612. The summed E-state index contributed by atoms with van der Waals surface area (Å²) in [7, 11) is 0. The fourth-order valence-electron chi connectivity index (χ4n) is 0.642. The van der Waals surface area contributed by atoms with E-state index in [1.54, 1.807) is 18.7 Å². The number of aromatic nitrogens is 3. The van der Waals surface area contributed by atoms with E-state index in [0.717, 1.165) is 4.88 Å². The molecule has 0 amide bonds. The monoisotopic (exact) mass is 154 g/mol. The number of nitrogens with one attached hydrogen (secondary N) is 1. The first kappa shape index (κ1) is 5.55. The molecule has 0 radical (unpaired) electrons. The number of hydrogen-bond donors (Lipinski definition) is 0. The number of hydrogen-bond acceptors (Lipinski definition) is 4. The summed E-state index contributed by atoms with van der Waals surface area (Å²) in [6.07, 6.45) is 4.95. The first-order chi connectivity index (χ1) is 4.97. The van der Waals surface area contributed by atoms with Crippen LogP contribution in [-0.2, 0) is 0 Å². The quantitative estimate of drug-likeness (QED) is 0.604. The van der Waals surface area contributed by atoms with Crippen molar-refractivity contribution in [2.75, 3.05) is 0 Å². The van der Waals surface area contributed by atoms with Crippen LogP contribution in [0, 0.1) is 0 Å². The van der Waals surface area contributed by atoms with Gasteiger partial charge in [-0.05, 0) is 11.5 Å². The van der Waals surface area contributed by atoms with E-state index in [2.05, 4.69) is 14.6 Å². The smallest absolute Gasteiger partial charge is 0.392 e. The maximum atomic E-state index is 5.05. The molecule has 5 heteroatoms. The fourth-order valence-corrected chi connectivity index (χ4v) is 1.11. The Bertz CT molecular complexity index is 256. The van der Waals surface area contributed by atoms with E-state index in [-0.39, 0.29) is 0 Å². The van der Waals surface area contributed by atoms with E-state index in [0.29, 0.717) is 5.89 Å². The van der Waals surface area contributed by atoms with E-state index < -0.39 is 0 Å². The van der Waals surface area contributed by atoms with Crippen LogP contribution in [0.15, 0.2) is 23.1 Å². The summed E-state index contributed by atoms with van der Waals surface area (Å²) in [4.78, 5) is 3.81. The second kappa shape index (κ2) is 2.18. The minimum Gasteiger partial charge on any atom is -0.406 e. The van der Waals surface area contributed by atoms with Crippen LogP contribution in [0.5, 0.6) is 0 Å². The van der Waals surface area contributed by atoms with E-state index in [1.165, 1.54) is 11.5 Å². The standard InChI is InChI=1S/C5H3N3OS/c1-2-9-5(6-1)4-3-7-8-10-4/h1-3H/p+1. The Morgan fingerprint density at radius 3 is 3.20 bits per heavy atom. The summed E-state index contributed by atoms with van der Waals surface area (Å²) >= 11 is 1.29. The van der Waals surface area contributed by atoms with Crippen LogP contribution in [0.1, 0.15) is 0 Å². The highest BCUT2D eigenvalue weighted by molar-refractivity contribution is 7.09. The van der Waals surface area contributed by atoms with Gasteiger partial charge in [0.15, 0.2) is 11.1 Å². The molecule has 1 N–H and O–H groups in total. The molecule has 4 nitrogen and oxygen atoms in total. The summed E-state index contributed by atoms with van der Waals surface area (Å²) in [6.45, 7) is 0. The molecule has 0 aliphatic rings. The maximum Gasteiger partial charge on any atom is 0.392 e. The van der Waals surface area contributed by atoms with Gasteiger partial charge in [-0.15, -0.1) is 5.10 Å². The van der Waals surface area contributed by atoms with E-state index in [9.17, 15) is 0 Å². The first-order valence-electron chi connectivity index (χ1n) is 2.70. The highest BCUT2D eigenvalue weighted by atomic mass is 32.1. The minimum atomic E-state index is 0.704. The summed E-state index contributed by atoms with van der Waals surface area (Å²) in [5.41, 5.74) is 0. The molecule has 0 fully saturated rings. The van der Waals surface area contributed by atoms with Gasteiger partial charge < -0.3 is 4.42 Å². The molecule has 2 heterocycles. The largest absolute Gasteiger partial charge is 0.406 e. The topological polar surface area (TPSA) is 53.1 Å². The van der Waals surface area contributed by atoms with Gasteiger partial charge in [0.05, 0.1) is 6.20 Å². The number of aromatic amines is 1. The zero-order valence-corrected chi connectivity index (χ0v) is 5.76. The second-order valence-electron chi connectivity index (χ2n) is 1.68. The lowest BCUT2D eigenvalue weighted by molar-refractivity contribution is -0.368. The van der Waals surface area contributed by atoms with Gasteiger partial charge in [0.25, 0.3) is 0 Å². The molecule has 0 saturated carbocycles. The third kappa shape index (κ3) is 0.801. The normalized spacial score (nSPS) is 10.0. The number of H-pyrrole nitrogens is 1. The van der Waals surface area contributed by atoms with Crippen LogP contribution in [0.2, 0.25) is 0 Å². The van der Waals surface area contributed by atoms with Crippen molar-refractivity contribution in [3.8, 4) is 10.8 Å². The molecule has 0 atom stereocenters. The zero-order valence-electron chi connectivity index (χ0n) is 4.94. The van der Waals surface area contributed by atoms with Crippen LogP contribution >= 0.6 is 11.5 Å². The summed E-state index contributed by atoms with van der Waals surface area (Å²) in [6, 6.07) is 0. The van der Waals surface area contributed by atoms with Crippen molar-refractivity contribution in [1.82, 2.24) is 9.59 Å². The molecule has 0 spiro atoms. The molecule has 0 saturated heterocycles. The van der Waals surface area contributed by atoms with Crippen LogP contribution < -0.4 is 4.98 Å². The van der Waals surface area contributed by atoms with Gasteiger partial charge in [-0.3, -0.25) is 0 Å². The Morgan fingerprint density at radius 1 is 1.60 bits per heavy atom. The Balaban J connectivity index is 2.48. The van der Waals surface area contributed by atoms with Gasteiger partial charge in [-0.2, -0.15) is 4.98 Å². The molecule has 0 aliphatic heterocycles. The summed E-state index contributed by atoms with van der Waals surface area (Å²) in [5.74, 6) is 0.704. The highest BCUT2D eigenvalue weighted by Crippen LogP contribution is 2.15. The average Bonchev–Trinajstić information content (AvgIpc) is 2.59. The van der Waals surface area contributed by atoms with Crippen LogP contribution in [0.4, 0.5) is 0 Å². The van der Waals surface area contributed by atoms with E-state index >= 15 is 0 Å². The van der Waals surface area contributed by atoms with Gasteiger partial charge in [0, 0.05) is 0 Å². The molecule has 2 aromatic heterocycles. The summed E-state index contributed by atoms with van der Waals surface area (Å²) < 4.78 is 8.74. The lowest BCUT2D eigenvalue weighted by Crippen LogP contribution is -1.96. The third-order valence-corrected chi connectivity index (χ3v) is 1.72. The molecule has 50 valence electrons. The summed E-state index contributed by atoms with van der Waals surface area (Å²) in [5, 5.41) is 3.67. The Kier molecular flexibility index (Phi) is 1.21. The molecule has 0 bridgehead atoms. The van der Waals surface area contributed by atoms with Crippen LogP contribution in [0.3, 0.4) is 0 Å². The number of oxazole rings is 1. The van der Waals surface area contributed by atoms with Crippen LogP contribution in [0.25, 0.3) is 10.8 Å². The van der Waals surface area contributed by atoms with Gasteiger partial charge in [0.1, 0.15) is 0 Å². The Morgan fingerprint density at radius 2 is 2.60 bits per heavy atom. The number of nitrogens with zero attached hydrogens (tertiary/aromatic N) is 2. The van der Waals surface area contributed by atoms with Crippen molar-refractivity contribution in [1.29, 1.82) is 0 Å². The second-order valence-corrected chi connectivity index (χ2v) is 2.46. The number of rotatable bonds is 1. The van der Waals surface area contributed by atoms with E-state index in [4.69, 9.17) is 4.42 Å². The molecule has 2 rings (SSSR count). The maximum absolute atomic E-state index is 5.05. The van der Waals surface area contributed by atoms with Gasteiger partial charge in [-0.25, -0.2) is 0 Å². The Labute approximate surface area is 60.7 Å². The van der Waals surface area contributed by atoms with Crippen molar-refractivity contribution >= 4 is 11.5 Å². The van der Waals surface area contributed by atoms with Gasteiger partial charge >= 0.3 is 5.89 Å². The van der Waals surface area contributed by atoms with Crippen molar-refractivity contribution in [3.63, 3.8) is 0 Å². The fraction of sp³-hybridized carbons (Fsp3) is 0. The molecule has 2 aromatic rings. The third-order valence-electron chi connectivity index (χ3n) is 1.05. The molecule has 0 aromatic carbocycles. The molecular weight excluding hydrogens is 150 g/mol. The average molecular weight is 154 g/mol. The van der Waals surface area contributed by atoms with E-state index in [1.807, 2.05) is 0 Å². The highest BCUT2D eigenvalue weighted by Gasteiger charge is 2.10. The Hall–Kier alpha value is -1.23. The lowest BCUT2D eigenvalue weighted by atomic mass is 10.6. The minimum absolute atomic E-state index is 0.704. The first-order valence-corrected chi connectivity index (χ1v) is 3.47. The van der Waals surface area contributed by atoms with Crippen molar-refractivity contribution in [2.24, 2.45) is 0 Å². The van der Waals surface area contributed by atoms with Gasteiger partial charge in [0.2, 0.25) is 6.20 Å².